The minimum absolute atomic E-state index is 0.127. The number of likely N-dealkylation sites (N-methyl/N-ethyl adjacent to an activating group) is 1. The van der Waals surface area contributed by atoms with Gasteiger partial charge in [-0.15, -0.1) is 0 Å². The van der Waals surface area contributed by atoms with E-state index in [9.17, 15) is 4.79 Å². The molecule has 5 nitrogen and oxygen atoms in total. The fraction of sp³-hybridized carbons (Fsp3) is 0.154. The molecule has 92 valence electrons. The van der Waals surface area contributed by atoms with Crippen LogP contribution in [0.3, 0.4) is 0 Å². The van der Waals surface area contributed by atoms with Crippen LogP contribution in [0.5, 0.6) is 0 Å². The SMILES string of the molecule is CN(CC(=O)O)c1nccc(-c2ccccc2)n1. The van der Waals surface area contributed by atoms with Gasteiger partial charge in [0.25, 0.3) is 0 Å². The number of carboxylic acid groups (broad SMARTS) is 1. The highest BCUT2D eigenvalue weighted by Gasteiger charge is 2.09. The van der Waals surface area contributed by atoms with Gasteiger partial charge in [-0.2, -0.15) is 0 Å². The Morgan fingerprint density at radius 1 is 1.28 bits per heavy atom. The smallest absolute Gasteiger partial charge is 0.323 e. The van der Waals surface area contributed by atoms with E-state index in [0.29, 0.717) is 5.95 Å². The standard InChI is InChI=1S/C13H13N3O2/c1-16(9-12(17)18)13-14-8-7-11(15-13)10-5-3-2-4-6-10/h2-8H,9H2,1H3,(H,17,18). The van der Waals surface area contributed by atoms with Crippen molar-refractivity contribution in [2.24, 2.45) is 0 Å². The lowest BCUT2D eigenvalue weighted by Crippen LogP contribution is -2.26. The maximum Gasteiger partial charge on any atom is 0.323 e. The van der Waals surface area contributed by atoms with Crippen molar-refractivity contribution in [1.82, 2.24) is 9.97 Å². The van der Waals surface area contributed by atoms with Crippen LogP contribution in [0.2, 0.25) is 0 Å². The van der Waals surface area contributed by atoms with Crippen molar-refractivity contribution < 1.29 is 9.90 Å². The van der Waals surface area contributed by atoms with Crippen LogP contribution in [-0.2, 0) is 4.79 Å². The number of rotatable bonds is 4. The molecule has 0 radical (unpaired) electrons. The van der Waals surface area contributed by atoms with Crippen LogP contribution in [0.25, 0.3) is 11.3 Å². The highest BCUT2D eigenvalue weighted by molar-refractivity contribution is 5.72. The molecule has 1 N–H and O–H groups in total. The van der Waals surface area contributed by atoms with E-state index in [2.05, 4.69) is 9.97 Å². The van der Waals surface area contributed by atoms with Gasteiger partial charge in [-0.25, -0.2) is 9.97 Å². The molecule has 1 heterocycles. The van der Waals surface area contributed by atoms with Crippen molar-refractivity contribution >= 4 is 11.9 Å². The van der Waals surface area contributed by atoms with Crippen molar-refractivity contribution in [2.75, 3.05) is 18.5 Å². The number of hydrogen-bond acceptors (Lipinski definition) is 4. The highest BCUT2D eigenvalue weighted by Crippen LogP contribution is 2.17. The molecule has 0 aliphatic rings. The summed E-state index contributed by atoms with van der Waals surface area (Å²) < 4.78 is 0. The average Bonchev–Trinajstić information content (AvgIpc) is 2.39. The summed E-state index contributed by atoms with van der Waals surface area (Å²) in [6.45, 7) is -0.127. The lowest BCUT2D eigenvalue weighted by atomic mass is 10.1. The number of anilines is 1. The van der Waals surface area contributed by atoms with Gasteiger partial charge in [0.05, 0.1) is 5.69 Å². The fourth-order valence-corrected chi connectivity index (χ4v) is 1.58. The van der Waals surface area contributed by atoms with Crippen molar-refractivity contribution in [3.8, 4) is 11.3 Å². The van der Waals surface area contributed by atoms with E-state index in [4.69, 9.17) is 5.11 Å². The molecule has 0 unspecified atom stereocenters. The zero-order chi connectivity index (χ0) is 13.0. The van der Waals surface area contributed by atoms with Gasteiger partial charge in [0, 0.05) is 18.8 Å². The Morgan fingerprint density at radius 2 is 2.00 bits per heavy atom. The second-order valence-corrected chi connectivity index (χ2v) is 3.86. The first-order valence-electron chi connectivity index (χ1n) is 5.48. The van der Waals surface area contributed by atoms with E-state index in [0.717, 1.165) is 11.3 Å². The second kappa shape index (κ2) is 5.27. The lowest BCUT2D eigenvalue weighted by Gasteiger charge is -2.14. The maximum absolute atomic E-state index is 10.6. The van der Waals surface area contributed by atoms with Crippen LogP contribution in [0, 0.1) is 0 Å². The summed E-state index contributed by atoms with van der Waals surface area (Å²) in [7, 11) is 1.65. The largest absolute Gasteiger partial charge is 0.480 e. The number of carbonyl (C=O) groups is 1. The molecule has 1 aromatic carbocycles. The van der Waals surface area contributed by atoms with E-state index >= 15 is 0 Å². The third-order valence-corrected chi connectivity index (χ3v) is 2.43. The van der Waals surface area contributed by atoms with E-state index < -0.39 is 5.97 Å². The predicted molar refractivity (Wildman–Crippen MR) is 68.4 cm³/mol. The molecular weight excluding hydrogens is 230 g/mol. The molecule has 0 atom stereocenters. The fourth-order valence-electron chi connectivity index (χ4n) is 1.58. The topological polar surface area (TPSA) is 66.3 Å². The molecule has 0 saturated heterocycles. The normalized spacial score (nSPS) is 10.1. The molecule has 2 rings (SSSR count). The van der Waals surface area contributed by atoms with Gasteiger partial charge in [-0.1, -0.05) is 30.3 Å². The summed E-state index contributed by atoms with van der Waals surface area (Å²) in [6.07, 6.45) is 1.63. The molecule has 0 amide bonds. The summed E-state index contributed by atoms with van der Waals surface area (Å²) in [5.74, 6) is -0.509. The molecule has 18 heavy (non-hydrogen) atoms. The van der Waals surface area contributed by atoms with Crippen LogP contribution in [0.1, 0.15) is 0 Å². The van der Waals surface area contributed by atoms with Crippen LogP contribution >= 0.6 is 0 Å². The Morgan fingerprint density at radius 3 is 2.67 bits per heavy atom. The zero-order valence-electron chi connectivity index (χ0n) is 9.95. The van der Waals surface area contributed by atoms with Gasteiger partial charge in [-0.05, 0) is 6.07 Å². The number of hydrogen-bond donors (Lipinski definition) is 1. The van der Waals surface area contributed by atoms with Crippen molar-refractivity contribution in [2.45, 2.75) is 0 Å². The quantitative estimate of drug-likeness (QED) is 0.884. The first kappa shape index (κ1) is 12.0. The van der Waals surface area contributed by atoms with E-state index in [-0.39, 0.29) is 6.54 Å². The second-order valence-electron chi connectivity index (χ2n) is 3.86. The number of benzene rings is 1. The number of carboxylic acids is 1. The summed E-state index contributed by atoms with van der Waals surface area (Å²) in [5, 5.41) is 8.73. The van der Waals surface area contributed by atoms with Gasteiger partial charge in [-0.3, -0.25) is 4.79 Å². The van der Waals surface area contributed by atoms with Crippen molar-refractivity contribution in [3.63, 3.8) is 0 Å². The zero-order valence-corrected chi connectivity index (χ0v) is 9.95. The van der Waals surface area contributed by atoms with Crippen LogP contribution < -0.4 is 4.90 Å². The third-order valence-electron chi connectivity index (χ3n) is 2.43. The molecule has 1 aromatic heterocycles. The van der Waals surface area contributed by atoms with Crippen LogP contribution in [0.15, 0.2) is 42.6 Å². The molecule has 0 fully saturated rings. The lowest BCUT2D eigenvalue weighted by molar-refractivity contribution is -0.135. The van der Waals surface area contributed by atoms with Crippen molar-refractivity contribution in [1.29, 1.82) is 0 Å². The van der Waals surface area contributed by atoms with Gasteiger partial charge in [0.15, 0.2) is 0 Å². The Bertz CT molecular complexity index is 543. The molecule has 2 aromatic rings. The molecule has 0 aliphatic heterocycles. The van der Waals surface area contributed by atoms with Gasteiger partial charge in [0.2, 0.25) is 5.95 Å². The number of aliphatic carboxylic acids is 1. The first-order valence-corrected chi connectivity index (χ1v) is 5.48. The minimum atomic E-state index is -0.911. The van der Waals surface area contributed by atoms with E-state index in [1.54, 1.807) is 19.3 Å². The maximum atomic E-state index is 10.6. The molecule has 0 saturated carbocycles. The monoisotopic (exact) mass is 243 g/mol. The Balaban J connectivity index is 2.28. The molecular formula is C13H13N3O2. The molecule has 0 spiro atoms. The molecule has 0 bridgehead atoms. The van der Waals surface area contributed by atoms with E-state index in [1.807, 2.05) is 30.3 Å². The van der Waals surface area contributed by atoms with Gasteiger partial charge < -0.3 is 10.0 Å². The number of aromatic nitrogens is 2. The van der Waals surface area contributed by atoms with Gasteiger partial charge >= 0.3 is 5.97 Å². The Hall–Kier alpha value is -2.43. The molecule has 0 aliphatic carbocycles. The summed E-state index contributed by atoms with van der Waals surface area (Å²) in [5.41, 5.74) is 1.75. The highest BCUT2D eigenvalue weighted by atomic mass is 16.4. The molecule has 5 heteroatoms. The van der Waals surface area contributed by atoms with E-state index in [1.165, 1.54) is 4.90 Å². The van der Waals surface area contributed by atoms with Crippen LogP contribution in [-0.4, -0.2) is 34.6 Å². The summed E-state index contributed by atoms with van der Waals surface area (Å²) in [4.78, 5) is 20.6. The predicted octanol–water partition coefficient (Wildman–Crippen LogP) is 1.66. The summed E-state index contributed by atoms with van der Waals surface area (Å²) >= 11 is 0. The first-order chi connectivity index (χ1) is 8.66. The average molecular weight is 243 g/mol. The number of nitrogens with zero attached hydrogens (tertiary/aromatic N) is 3. The Kier molecular flexibility index (Phi) is 3.52. The Labute approximate surface area is 105 Å². The van der Waals surface area contributed by atoms with Gasteiger partial charge in [0.1, 0.15) is 6.54 Å². The van der Waals surface area contributed by atoms with Crippen molar-refractivity contribution in [3.05, 3.63) is 42.6 Å². The minimum Gasteiger partial charge on any atom is -0.480 e. The third kappa shape index (κ3) is 2.82. The summed E-state index contributed by atoms with van der Waals surface area (Å²) in [6, 6.07) is 11.5. The van der Waals surface area contributed by atoms with Crippen LogP contribution in [0.4, 0.5) is 5.95 Å².